The van der Waals surface area contributed by atoms with Crippen molar-refractivity contribution in [1.82, 2.24) is 24.3 Å². The lowest BCUT2D eigenvalue weighted by molar-refractivity contribution is -0.143. The maximum Gasteiger partial charge on any atom is 0.237 e. The van der Waals surface area contributed by atoms with Crippen LogP contribution in [0.25, 0.3) is 10.9 Å². The highest BCUT2D eigenvalue weighted by atomic mass is 16.3. The van der Waals surface area contributed by atoms with Crippen LogP contribution in [0.15, 0.2) is 55.1 Å². The fourth-order valence-corrected chi connectivity index (χ4v) is 5.48. The number of carbonyl (C=O) groups is 1. The van der Waals surface area contributed by atoms with Crippen LogP contribution in [0.4, 0.5) is 0 Å². The molecule has 31 heavy (non-hydrogen) atoms. The molecule has 7 nitrogen and oxygen atoms in total. The van der Waals surface area contributed by atoms with E-state index >= 15 is 0 Å². The van der Waals surface area contributed by atoms with Crippen molar-refractivity contribution in [2.45, 2.75) is 56.5 Å². The van der Waals surface area contributed by atoms with Crippen LogP contribution in [-0.2, 0) is 17.9 Å². The summed E-state index contributed by atoms with van der Waals surface area (Å²) in [5.74, 6) is 0.156. The van der Waals surface area contributed by atoms with Crippen molar-refractivity contribution in [3.05, 3.63) is 60.8 Å². The molecule has 1 amide bonds. The van der Waals surface area contributed by atoms with Crippen molar-refractivity contribution < 1.29 is 9.90 Å². The van der Waals surface area contributed by atoms with Crippen LogP contribution in [0.5, 0.6) is 0 Å². The number of hydrogen-bond donors (Lipinski definition) is 1. The van der Waals surface area contributed by atoms with Crippen LogP contribution in [-0.4, -0.2) is 66.6 Å². The second kappa shape index (κ2) is 8.05. The number of pyridine rings is 2. The lowest BCUT2D eigenvalue weighted by Gasteiger charge is -2.44. The van der Waals surface area contributed by atoms with Gasteiger partial charge < -0.3 is 14.6 Å². The van der Waals surface area contributed by atoms with Crippen LogP contribution in [0.2, 0.25) is 0 Å². The van der Waals surface area contributed by atoms with Crippen molar-refractivity contribution in [3.8, 4) is 0 Å². The van der Waals surface area contributed by atoms with E-state index in [9.17, 15) is 9.90 Å². The maximum atomic E-state index is 13.1. The molecule has 2 fully saturated rings. The Kier molecular flexibility index (Phi) is 5.24. The molecule has 2 aliphatic rings. The summed E-state index contributed by atoms with van der Waals surface area (Å²) < 4.78 is 2.10. The van der Waals surface area contributed by atoms with Crippen LogP contribution in [0.3, 0.4) is 0 Å². The van der Waals surface area contributed by atoms with Gasteiger partial charge in [0.05, 0.1) is 36.1 Å². The minimum atomic E-state index is -0.801. The van der Waals surface area contributed by atoms with Crippen LogP contribution in [0.1, 0.15) is 31.4 Å². The van der Waals surface area contributed by atoms with Gasteiger partial charge in [-0.2, -0.15) is 0 Å². The van der Waals surface area contributed by atoms with E-state index < -0.39 is 5.60 Å². The Morgan fingerprint density at radius 3 is 2.74 bits per heavy atom. The summed E-state index contributed by atoms with van der Waals surface area (Å²) in [6.07, 6.45) is 10.6. The van der Waals surface area contributed by atoms with Crippen LogP contribution >= 0.6 is 0 Å². The molecule has 3 aromatic heterocycles. The minimum absolute atomic E-state index is 0.111. The Bertz CT molecular complexity index is 1050. The average molecular weight is 420 g/mol. The standard InChI is InChI=1S/C24H29N5O2/c1-27(15-19-4-2-3-9-26-19)16-23(30)29-20-5-6-21(29)13-24(31,12-20)17-28-11-8-18-7-10-25-14-22(18)28/h2-4,7-11,14,20-21,31H,5-6,12-13,15-17H2,1H3/t20-,21-/m0/s1. The number of likely N-dealkylation sites (N-methyl/N-ethyl adjacent to an activating group) is 1. The summed E-state index contributed by atoms with van der Waals surface area (Å²) in [4.78, 5) is 25.8. The molecule has 2 aliphatic heterocycles. The van der Waals surface area contributed by atoms with Gasteiger partial charge in [-0.1, -0.05) is 6.07 Å². The minimum Gasteiger partial charge on any atom is -0.388 e. The largest absolute Gasteiger partial charge is 0.388 e. The van der Waals surface area contributed by atoms with Gasteiger partial charge in [-0.15, -0.1) is 0 Å². The summed E-state index contributed by atoms with van der Waals surface area (Å²) in [6, 6.07) is 10.1. The van der Waals surface area contributed by atoms with Crippen molar-refractivity contribution in [2.24, 2.45) is 0 Å². The predicted octanol–water partition coefficient (Wildman–Crippen LogP) is 2.45. The predicted molar refractivity (Wildman–Crippen MR) is 118 cm³/mol. The van der Waals surface area contributed by atoms with Gasteiger partial charge in [-0.25, -0.2) is 0 Å². The van der Waals surface area contributed by atoms with Gasteiger partial charge in [0.2, 0.25) is 5.91 Å². The highest BCUT2D eigenvalue weighted by Gasteiger charge is 2.49. The third-order valence-corrected chi connectivity index (χ3v) is 6.74. The molecule has 162 valence electrons. The summed E-state index contributed by atoms with van der Waals surface area (Å²) >= 11 is 0. The normalized spacial score (nSPS) is 25.5. The number of fused-ring (bicyclic) bond motifs is 3. The van der Waals surface area contributed by atoms with E-state index in [0.29, 0.717) is 32.5 Å². The highest BCUT2D eigenvalue weighted by molar-refractivity contribution is 5.80. The van der Waals surface area contributed by atoms with E-state index in [4.69, 9.17) is 0 Å². The Labute approximate surface area is 182 Å². The molecular formula is C24H29N5O2. The number of amides is 1. The van der Waals surface area contributed by atoms with Crippen LogP contribution in [0, 0.1) is 0 Å². The zero-order valence-corrected chi connectivity index (χ0v) is 17.9. The Morgan fingerprint density at radius 2 is 2.00 bits per heavy atom. The fraction of sp³-hybridized carbons (Fsp3) is 0.458. The number of aromatic nitrogens is 3. The molecule has 5 heterocycles. The van der Waals surface area contributed by atoms with Crippen LogP contribution < -0.4 is 0 Å². The Morgan fingerprint density at radius 1 is 1.19 bits per heavy atom. The van der Waals surface area contributed by atoms with E-state index in [1.54, 1.807) is 12.4 Å². The van der Waals surface area contributed by atoms with Gasteiger partial charge in [0.15, 0.2) is 0 Å². The van der Waals surface area contributed by atoms with Gasteiger partial charge in [0.25, 0.3) is 0 Å². The van der Waals surface area contributed by atoms with E-state index in [0.717, 1.165) is 29.4 Å². The average Bonchev–Trinajstić information content (AvgIpc) is 3.27. The number of piperidine rings is 1. The number of nitrogens with zero attached hydrogens (tertiary/aromatic N) is 5. The highest BCUT2D eigenvalue weighted by Crippen LogP contribution is 2.42. The summed E-state index contributed by atoms with van der Waals surface area (Å²) in [5, 5.41) is 12.6. The van der Waals surface area contributed by atoms with E-state index in [-0.39, 0.29) is 18.0 Å². The lowest BCUT2D eigenvalue weighted by atomic mass is 9.85. The zero-order chi connectivity index (χ0) is 21.4. The molecule has 0 aromatic carbocycles. The van der Waals surface area contributed by atoms with Crippen molar-refractivity contribution in [2.75, 3.05) is 13.6 Å². The first kappa shape index (κ1) is 20.2. The molecular weight excluding hydrogens is 390 g/mol. The number of aliphatic hydroxyl groups is 1. The molecule has 2 saturated heterocycles. The van der Waals surface area contributed by atoms with Gasteiger partial charge >= 0.3 is 0 Å². The molecule has 7 heteroatoms. The first-order chi connectivity index (χ1) is 15.0. The Hall–Kier alpha value is -2.77. The Balaban J connectivity index is 1.24. The topological polar surface area (TPSA) is 74.5 Å². The van der Waals surface area contributed by atoms with Crippen molar-refractivity contribution in [1.29, 1.82) is 0 Å². The first-order valence-corrected chi connectivity index (χ1v) is 11.0. The zero-order valence-electron chi connectivity index (χ0n) is 17.9. The SMILES string of the molecule is CN(CC(=O)N1[C@H]2CC[C@H]1CC(O)(Cn1ccc3ccncc31)C2)Cc1ccccn1. The number of hydrogen-bond acceptors (Lipinski definition) is 5. The molecule has 2 bridgehead atoms. The molecule has 0 saturated carbocycles. The molecule has 2 atom stereocenters. The third-order valence-electron chi connectivity index (χ3n) is 6.74. The maximum absolute atomic E-state index is 13.1. The van der Waals surface area contributed by atoms with Gasteiger partial charge in [-0.3, -0.25) is 19.7 Å². The van der Waals surface area contributed by atoms with Gasteiger partial charge in [0.1, 0.15) is 0 Å². The number of rotatable bonds is 6. The first-order valence-electron chi connectivity index (χ1n) is 11.0. The van der Waals surface area contributed by atoms with E-state index in [2.05, 4.69) is 25.5 Å². The third kappa shape index (κ3) is 4.07. The number of carbonyl (C=O) groups excluding carboxylic acids is 1. The summed E-state index contributed by atoms with van der Waals surface area (Å²) in [5.41, 5.74) is 1.20. The van der Waals surface area contributed by atoms with Crippen molar-refractivity contribution >= 4 is 16.8 Å². The summed E-state index contributed by atoms with van der Waals surface area (Å²) in [7, 11) is 1.96. The monoisotopic (exact) mass is 419 g/mol. The second-order valence-corrected chi connectivity index (χ2v) is 9.19. The lowest BCUT2D eigenvalue weighted by Crippen LogP contribution is -2.56. The molecule has 0 spiro atoms. The molecule has 0 unspecified atom stereocenters. The molecule has 3 aromatic rings. The quantitative estimate of drug-likeness (QED) is 0.664. The molecule has 0 radical (unpaired) electrons. The van der Waals surface area contributed by atoms with Gasteiger partial charge in [0, 0.05) is 42.6 Å². The molecule has 0 aliphatic carbocycles. The molecule has 1 N–H and O–H groups in total. The van der Waals surface area contributed by atoms with E-state index in [1.807, 2.05) is 48.6 Å². The fourth-order valence-electron chi connectivity index (χ4n) is 5.48. The molecule has 5 rings (SSSR count). The smallest absolute Gasteiger partial charge is 0.237 e. The van der Waals surface area contributed by atoms with Crippen molar-refractivity contribution in [3.63, 3.8) is 0 Å². The van der Waals surface area contributed by atoms with Gasteiger partial charge in [-0.05, 0) is 57.0 Å². The summed E-state index contributed by atoms with van der Waals surface area (Å²) in [6.45, 7) is 1.56. The second-order valence-electron chi connectivity index (χ2n) is 9.19. The van der Waals surface area contributed by atoms with E-state index in [1.165, 1.54) is 0 Å².